The van der Waals surface area contributed by atoms with Gasteiger partial charge in [0.2, 0.25) is 15.9 Å². The molecule has 2 fully saturated rings. The Balaban J connectivity index is 1.89. The number of nitrogens with zero attached hydrogens (tertiary/aromatic N) is 4. The molecule has 10 nitrogen and oxygen atoms in total. The van der Waals surface area contributed by atoms with Crippen molar-refractivity contribution in [2.75, 3.05) is 79.4 Å². The zero-order chi connectivity index (χ0) is 20.6. The Morgan fingerprint density at radius 2 is 1.93 bits per heavy atom. The lowest BCUT2D eigenvalue weighted by Gasteiger charge is -2.27. The summed E-state index contributed by atoms with van der Waals surface area (Å²) in [6, 6.07) is -0.0919. The molecule has 0 radical (unpaired) electrons. The van der Waals surface area contributed by atoms with Crippen LogP contribution >= 0.6 is 0 Å². The van der Waals surface area contributed by atoms with Gasteiger partial charge in [0.05, 0.1) is 19.5 Å². The highest BCUT2D eigenvalue weighted by molar-refractivity contribution is 7.88. The highest BCUT2D eigenvalue weighted by Crippen LogP contribution is 2.19. The molecule has 1 atom stereocenters. The number of amides is 1. The van der Waals surface area contributed by atoms with Crippen molar-refractivity contribution in [3.8, 4) is 0 Å². The fourth-order valence-electron chi connectivity index (χ4n) is 3.28. The summed E-state index contributed by atoms with van der Waals surface area (Å²) < 4.78 is 30.7. The van der Waals surface area contributed by atoms with Gasteiger partial charge in [-0.2, -0.15) is 4.31 Å². The molecule has 0 aliphatic carbocycles. The molecule has 28 heavy (non-hydrogen) atoms. The van der Waals surface area contributed by atoms with E-state index in [1.54, 1.807) is 14.1 Å². The van der Waals surface area contributed by atoms with Crippen LogP contribution in [0.2, 0.25) is 0 Å². The average Bonchev–Trinajstić information content (AvgIpc) is 3.13. The molecular weight excluding hydrogens is 384 g/mol. The summed E-state index contributed by atoms with van der Waals surface area (Å²) in [6.07, 6.45) is 2.92. The van der Waals surface area contributed by atoms with Crippen LogP contribution in [0.1, 0.15) is 12.8 Å². The number of likely N-dealkylation sites (N-methyl/N-ethyl adjacent to an activating group) is 1. The van der Waals surface area contributed by atoms with Crippen molar-refractivity contribution < 1.29 is 17.9 Å². The van der Waals surface area contributed by atoms with Crippen LogP contribution in [-0.4, -0.2) is 120 Å². The van der Waals surface area contributed by atoms with E-state index in [0.717, 1.165) is 45.7 Å². The molecule has 2 N–H and O–H groups in total. The molecule has 2 aliphatic heterocycles. The van der Waals surface area contributed by atoms with Crippen LogP contribution in [0.5, 0.6) is 0 Å². The lowest BCUT2D eigenvalue weighted by atomic mass is 10.2. The second-order valence-electron chi connectivity index (χ2n) is 7.38. The topological polar surface area (TPSA) is 107 Å². The lowest BCUT2D eigenvalue weighted by Crippen LogP contribution is -2.48. The highest BCUT2D eigenvalue weighted by Gasteiger charge is 2.31. The van der Waals surface area contributed by atoms with Crippen molar-refractivity contribution in [3.63, 3.8) is 0 Å². The monoisotopic (exact) mass is 418 g/mol. The van der Waals surface area contributed by atoms with E-state index in [1.807, 2.05) is 0 Å². The molecule has 11 heteroatoms. The standard InChI is InChI=1S/C17H34N6O4S/c1-21(2)16(24)14-20-17(18-6-8-22-9-11-27-12-10-22)19-13-15-5-4-7-23(15)28(3,25)26/h15H,4-14H2,1-3H3,(H2,18,19,20)/t15-/m1/s1. The van der Waals surface area contributed by atoms with Crippen molar-refractivity contribution >= 4 is 21.9 Å². The third-order valence-electron chi connectivity index (χ3n) is 4.95. The van der Waals surface area contributed by atoms with Crippen LogP contribution in [0, 0.1) is 0 Å². The first kappa shape index (κ1) is 22.9. The van der Waals surface area contributed by atoms with E-state index in [0.29, 0.717) is 25.6 Å². The second-order valence-corrected chi connectivity index (χ2v) is 9.32. The third kappa shape index (κ3) is 7.53. The summed E-state index contributed by atoms with van der Waals surface area (Å²) in [5, 5.41) is 6.47. The fourth-order valence-corrected chi connectivity index (χ4v) is 4.47. The summed E-state index contributed by atoms with van der Waals surface area (Å²) >= 11 is 0. The Bertz CT molecular complexity index is 634. The molecule has 0 saturated carbocycles. The van der Waals surface area contributed by atoms with E-state index < -0.39 is 10.0 Å². The number of carbonyl (C=O) groups excluding carboxylic acids is 1. The number of sulfonamides is 1. The van der Waals surface area contributed by atoms with Gasteiger partial charge in [0.1, 0.15) is 6.54 Å². The highest BCUT2D eigenvalue weighted by atomic mass is 32.2. The van der Waals surface area contributed by atoms with Gasteiger partial charge in [-0.25, -0.2) is 13.4 Å². The van der Waals surface area contributed by atoms with E-state index in [4.69, 9.17) is 4.74 Å². The first-order chi connectivity index (χ1) is 13.3. The largest absolute Gasteiger partial charge is 0.379 e. The van der Waals surface area contributed by atoms with Crippen LogP contribution < -0.4 is 10.6 Å². The number of rotatable bonds is 8. The Labute approximate surface area is 168 Å². The normalized spacial score (nSPS) is 22.2. The number of nitrogens with one attached hydrogen (secondary N) is 2. The van der Waals surface area contributed by atoms with E-state index in [2.05, 4.69) is 20.5 Å². The summed E-state index contributed by atoms with van der Waals surface area (Å²) in [7, 11) is 0.173. The summed E-state index contributed by atoms with van der Waals surface area (Å²) in [5.74, 6) is 0.441. The fraction of sp³-hybridized carbons (Fsp3) is 0.882. The summed E-state index contributed by atoms with van der Waals surface area (Å²) in [4.78, 5) is 20.0. The second kappa shape index (κ2) is 10.9. The summed E-state index contributed by atoms with van der Waals surface area (Å²) in [5.41, 5.74) is 0. The van der Waals surface area contributed by atoms with Crippen molar-refractivity contribution in [3.05, 3.63) is 0 Å². The molecule has 0 aromatic rings. The van der Waals surface area contributed by atoms with E-state index in [-0.39, 0.29) is 18.5 Å². The zero-order valence-corrected chi connectivity index (χ0v) is 18.0. The predicted molar refractivity (Wildman–Crippen MR) is 109 cm³/mol. The van der Waals surface area contributed by atoms with Crippen LogP contribution in [0.4, 0.5) is 0 Å². The molecule has 2 aliphatic rings. The molecule has 1 amide bonds. The maximum absolute atomic E-state index is 11.9. The minimum atomic E-state index is -3.21. The molecule has 0 aromatic heterocycles. The number of aliphatic imine (C=N–C) groups is 1. The van der Waals surface area contributed by atoms with Crippen LogP contribution in [-0.2, 0) is 19.6 Å². The van der Waals surface area contributed by atoms with Gasteiger partial charge >= 0.3 is 0 Å². The lowest BCUT2D eigenvalue weighted by molar-refractivity contribution is -0.127. The molecule has 0 unspecified atom stereocenters. The van der Waals surface area contributed by atoms with Crippen LogP contribution in [0.3, 0.4) is 0 Å². The van der Waals surface area contributed by atoms with Gasteiger partial charge < -0.3 is 20.3 Å². The third-order valence-corrected chi connectivity index (χ3v) is 6.28. The predicted octanol–water partition coefficient (Wildman–Crippen LogP) is -1.63. The van der Waals surface area contributed by atoms with Crippen molar-refractivity contribution in [1.29, 1.82) is 0 Å². The minimum absolute atomic E-state index is 0.0420. The van der Waals surface area contributed by atoms with E-state index in [9.17, 15) is 13.2 Å². The molecule has 2 saturated heterocycles. The minimum Gasteiger partial charge on any atom is -0.379 e. The van der Waals surface area contributed by atoms with Crippen LogP contribution in [0.25, 0.3) is 0 Å². The van der Waals surface area contributed by atoms with Crippen molar-refractivity contribution in [1.82, 2.24) is 24.7 Å². The number of carbonyl (C=O) groups is 1. The maximum Gasteiger partial charge on any atom is 0.243 e. The van der Waals surface area contributed by atoms with Gasteiger partial charge in [0.15, 0.2) is 5.96 Å². The molecule has 162 valence electrons. The van der Waals surface area contributed by atoms with Gasteiger partial charge in [-0.3, -0.25) is 9.69 Å². The molecule has 2 heterocycles. The van der Waals surface area contributed by atoms with Crippen molar-refractivity contribution in [2.45, 2.75) is 18.9 Å². The Morgan fingerprint density at radius 1 is 1.21 bits per heavy atom. The molecular formula is C17H34N6O4S. The number of ether oxygens (including phenoxy) is 1. The number of hydrogen-bond acceptors (Lipinski definition) is 6. The van der Waals surface area contributed by atoms with Gasteiger partial charge in [-0.1, -0.05) is 0 Å². The molecule has 0 bridgehead atoms. The smallest absolute Gasteiger partial charge is 0.243 e. The Hall–Kier alpha value is -1.43. The number of morpholine rings is 1. The van der Waals surface area contributed by atoms with Gasteiger partial charge in [-0.05, 0) is 12.8 Å². The maximum atomic E-state index is 11.9. The first-order valence-corrected chi connectivity index (χ1v) is 11.6. The zero-order valence-electron chi connectivity index (χ0n) is 17.2. The number of guanidine groups is 1. The van der Waals surface area contributed by atoms with Gasteiger partial charge in [0.25, 0.3) is 0 Å². The summed E-state index contributed by atoms with van der Waals surface area (Å²) in [6.45, 7) is 5.92. The van der Waals surface area contributed by atoms with E-state index in [1.165, 1.54) is 15.5 Å². The quantitative estimate of drug-likeness (QED) is 0.360. The van der Waals surface area contributed by atoms with Gasteiger partial charge in [-0.15, -0.1) is 0 Å². The number of hydrogen-bond donors (Lipinski definition) is 2. The Morgan fingerprint density at radius 3 is 2.57 bits per heavy atom. The van der Waals surface area contributed by atoms with Gasteiger partial charge in [0, 0.05) is 59.4 Å². The van der Waals surface area contributed by atoms with Crippen LogP contribution in [0.15, 0.2) is 4.99 Å². The van der Waals surface area contributed by atoms with E-state index >= 15 is 0 Å². The van der Waals surface area contributed by atoms with Crippen molar-refractivity contribution in [2.24, 2.45) is 4.99 Å². The molecule has 0 spiro atoms. The first-order valence-electron chi connectivity index (χ1n) is 9.76. The average molecular weight is 419 g/mol. The SMILES string of the molecule is CN(C)C(=O)CN=C(NCCN1CCOCC1)NC[C@H]1CCCN1S(C)(=O)=O. The molecule has 0 aromatic carbocycles. The Kier molecular flexibility index (Phi) is 8.93. The molecule has 2 rings (SSSR count).